The third-order valence-corrected chi connectivity index (χ3v) is 5.78. The van der Waals surface area contributed by atoms with Crippen LogP contribution in [0.4, 0.5) is 0 Å². The third kappa shape index (κ3) is 4.40. The second kappa shape index (κ2) is 8.31. The van der Waals surface area contributed by atoms with Gasteiger partial charge < -0.3 is 0 Å². The number of hydrogen-bond acceptors (Lipinski definition) is 0. The van der Waals surface area contributed by atoms with Crippen molar-refractivity contribution in [2.24, 2.45) is 5.92 Å². The van der Waals surface area contributed by atoms with Crippen LogP contribution < -0.4 is 0 Å². The van der Waals surface area contributed by atoms with Gasteiger partial charge in [-0.2, -0.15) is 0 Å². The quantitative estimate of drug-likeness (QED) is 0.503. The SMILES string of the molecule is CCC[SiH2]CC(C1=CC=CC1)C1=CC=CC1.[Na]. The summed E-state index contributed by atoms with van der Waals surface area (Å²) in [5.74, 6) is 0.781. The molecule has 0 saturated heterocycles. The van der Waals surface area contributed by atoms with Gasteiger partial charge in [-0.15, -0.1) is 0 Å². The minimum Gasteiger partial charge on any atom is -0.0804 e. The van der Waals surface area contributed by atoms with Crippen LogP contribution in [0, 0.1) is 5.92 Å². The molecule has 87 valence electrons. The minimum absolute atomic E-state index is 0. The Labute approximate surface area is 130 Å². The van der Waals surface area contributed by atoms with E-state index in [-0.39, 0.29) is 39.1 Å². The Morgan fingerprint density at radius 2 is 1.71 bits per heavy atom. The van der Waals surface area contributed by atoms with Gasteiger partial charge in [0.2, 0.25) is 0 Å². The van der Waals surface area contributed by atoms with Gasteiger partial charge in [0.05, 0.1) is 0 Å². The van der Waals surface area contributed by atoms with E-state index in [0.717, 1.165) is 5.92 Å². The van der Waals surface area contributed by atoms with Crippen LogP contribution in [0.3, 0.4) is 0 Å². The Bertz CT molecular complexity index is 320. The fraction of sp³-hybridized carbons (Fsp3) is 0.467. The predicted octanol–water partition coefficient (Wildman–Crippen LogP) is 3.41. The Balaban J connectivity index is 0.00000144. The van der Waals surface area contributed by atoms with Crippen molar-refractivity contribution in [2.75, 3.05) is 0 Å². The molecule has 0 atom stereocenters. The summed E-state index contributed by atoms with van der Waals surface area (Å²) in [6.07, 6.45) is 17.5. The molecule has 0 spiro atoms. The van der Waals surface area contributed by atoms with Crippen LogP contribution in [0.1, 0.15) is 26.2 Å². The first-order valence-electron chi connectivity index (χ1n) is 6.63. The maximum Gasteiger partial charge on any atom is 0.0208 e. The van der Waals surface area contributed by atoms with Crippen molar-refractivity contribution < 1.29 is 0 Å². The van der Waals surface area contributed by atoms with E-state index < -0.39 is 0 Å². The van der Waals surface area contributed by atoms with Crippen molar-refractivity contribution in [1.82, 2.24) is 0 Å². The van der Waals surface area contributed by atoms with E-state index >= 15 is 0 Å². The smallest absolute Gasteiger partial charge is 0.0208 e. The van der Waals surface area contributed by atoms with Crippen LogP contribution in [0.25, 0.3) is 0 Å². The van der Waals surface area contributed by atoms with E-state index in [2.05, 4.69) is 43.4 Å². The van der Waals surface area contributed by atoms with Gasteiger partial charge in [0.1, 0.15) is 0 Å². The van der Waals surface area contributed by atoms with Gasteiger partial charge in [-0.05, 0) is 18.8 Å². The van der Waals surface area contributed by atoms with E-state index in [1.54, 1.807) is 11.1 Å². The van der Waals surface area contributed by atoms with Crippen LogP contribution in [0.5, 0.6) is 0 Å². The molecule has 17 heavy (non-hydrogen) atoms. The second-order valence-corrected chi connectivity index (χ2v) is 6.79. The standard InChI is InChI=1S/C15H22Si.Na/c1-2-11-16-12-15(13-7-3-4-8-13)14-9-5-6-10-14;/h3-7,9,15H,2,8,10-12,16H2,1H3;. The molecule has 2 heteroatoms. The first-order chi connectivity index (χ1) is 7.92. The predicted molar refractivity (Wildman–Crippen MR) is 81.4 cm³/mol. The second-order valence-electron chi connectivity index (χ2n) is 4.80. The van der Waals surface area contributed by atoms with Crippen LogP contribution in [-0.4, -0.2) is 39.1 Å². The first-order valence-corrected chi connectivity index (χ1v) is 8.63. The number of hydrogen-bond donors (Lipinski definition) is 0. The topological polar surface area (TPSA) is 0 Å². The molecule has 1 radical (unpaired) electrons. The molecule has 0 aromatic rings. The van der Waals surface area contributed by atoms with Gasteiger partial charge in [0.15, 0.2) is 0 Å². The average molecular weight is 253 g/mol. The van der Waals surface area contributed by atoms with Crippen molar-refractivity contribution in [3.05, 3.63) is 47.6 Å². The molecule has 0 amide bonds. The molecule has 2 aliphatic carbocycles. The normalized spacial score (nSPS) is 18.0. The van der Waals surface area contributed by atoms with Crippen LogP contribution in [0.15, 0.2) is 47.6 Å². The molecule has 0 bridgehead atoms. The average Bonchev–Trinajstić information content (AvgIpc) is 2.97. The summed E-state index contributed by atoms with van der Waals surface area (Å²) in [4.78, 5) is 0. The van der Waals surface area contributed by atoms with Gasteiger partial charge in [-0.25, -0.2) is 0 Å². The fourth-order valence-corrected chi connectivity index (χ4v) is 4.59. The molecule has 0 aromatic carbocycles. The molecule has 0 unspecified atom stereocenters. The molecule has 0 fully saturated rings. The van der Waals surface area contributed by atoms with Gasteiger partial charge >= 0.3 is 0 Å². The summed E-state index contributed by atoms with van der Waals surface area (Å²) in [7, 11) is 0.159. The van der Waals surface area contributed by atoms with Crippen LogP contribution >= 0.6 is 0 Å². The van der Waals surface area contributed by atoms with Crippen molar-refractivity contribution in [1.29, 1.82) is 0 Å². The molecule has 0 aromatic heterocycles. The van der Waals surface area contributed by atoms with Gasteiger partial charge in [-0.1, -0.05) is 73.0 Å². The molecule has 0 saturated carbocycles. The number of allylic oxidation sites excluding steroid dienone is 8. The monoisotopic (exact) mass is 253 g/mol. The first kappa shape index (κ1) is 15.2. The Morgan fingerprint density at radius 1 is 1.12 bits per heavy atom. The molecule has 2 aliphatic rings. The van der Waals surface area contributed by atoms with E-state index in [4.69, 9.17) is 0 Å². The zero-order valence-corrected chi connectivity index (χ0v) is 14.7. The fourth-order valence-electron chi connectivity index (χ4n) is 2.65. The Kier molecular flexibility index (Phi) is 7.45. The summed E-state index contributed by atoms with van der Waals surface area (Å²) in [6, 6.07) is 2.99. The van der Waals surface area contributed by atoms with Crippen LogP contribution in [-0.2, 0) is 0 Å². The summed E-state index contributed by atoms with van der Waals surface area (Å²) in [5.41, 5.74) is 3.33. The summed E-state index contributed by atoms with van der Waals surface area (Å²) < 4.78 is 0. The van der Waals surface area contributed by atoms with Gasteiger partial charge in [0.25, 0.3) is 0 Å². The van der Waals surface area contributed by atoms with Crippen molar-refractivity contribution in [2.45, 2.75) is 38.3 Å². The molecular formula is C15H22NaSi. The van der Waals surface area contributed by atoms with Gasteiger partial charge in [0, 0.05) is 39.1 Å². The molecule has 0 aliphatic heterocycles. The number of rotatable bonds is 6. The maximum absolute atomic E-state index is 2.35. The molecule has 0 heterocycles. The van der Waals surface area contributed by atoms with Crippen molar-refractivity contribution >= 4 is 39.1 Å². The summed E-state index contributed by atoms with van der Waals surface area (Å²) in [6.45, 7) is 2.31. The third-order valence-electron chi connectivity index (χ3n) is 3.59. The maximum atomic E-state index is 2.35. The Hall–Kier alpha value is 0.177. The van der Waals surface area contributed by atoms with E-state index in [1.807, 2.05) is 0 Å². The zero-order chi connectivity index (χ0) is 11.2. The summed E-state index contributed by atoms with van der Waals surface area (Å²) in [5, 5.41) is 0. The Morgan fingerprint density at radius 3 is 2.12 bits per heavy atom. The molecule has 0 nitrogen and oxygen atoms in total. The zero-order valence-electron chi connectivity index (χ0n) is 11.3. The van der Waals surface area contributed by atoms with E-state index in [0.29, 0.717) is 0 Å². The van der Waals surface area contributed by atoms with Crippen LogP contribution in [0.2, 0.25) is 12.1 Å². The van der Waals surface area contributed by atoms with E-state index in [1.165, 1.54) is 31.4 Å². The largest absolute Gasteiger partial charge is 0.0804 e. The molecule has 2 rings (SSSR count). The van der Waals surface area contributed by atoms with Crippen molar-refractivity contribution in [3.8, 4) is 0 Å². The van der Waals surface area contributed by atoms with E-state index in [9.17, 15) is 0 Å². The van der Waals surface area contributed by atoms with Gasteiger partial charge in [-0.3, -0.25) is 0 Å². The molecule has 0 N–H and O–H groups in total. The minimum atomic E-state index is 0. The summed E-state index contributed by atoms with van der Waals surface area (Å²) >= 11 is 0. The van der Waals surface area contributed by atoms with Crippen molar-refractivity contribution in [3.63, 3.8) is 0 Å². The molecular weight excluding hydrogens is 231 g/mol.